The molecule has 2 aliphatic heterocycles. The number of anilines is 1. The van der Waals surface area contributed by atoms with E-state index in [1.165, 1.54) is 4.90 Å². The molecule has 10 nitrogen and oxygen atoms in total. The van der Waals surface area contributed by atoms with Crippen LogP contribution in [-0.2, 0) is 35.1 Å². The van der Waals surface area contributed by atoms with Gasteiger partial charge in [-0.2, -0.15) is 0 Å². The molecule has 0 unspecified atom stereocenters. The van der Waals surface area contributed by atoms with Crippen molar-refractivity contribution in [3.8, 4) is 0 Å². The summed E-state index contributed by atoms with van der Waals surface area (Å²) in [6, 6.07) is 76.3. The van der Waals surface area contributed by atoms with Gasteiger partial charge in [-0.05, 0) is 40.7 Å². The van der Waals surface area contributed by atoms with Crippen LogP contribution < -0.4 is 10.6 Å². The minimum absolute atomic E-state index is 0.0183. The number of carbonyl (C=O) groups is 3. The number of thiol groups is 1. The van der Waals surface area contributed by atoms with Gasteiger partial charge < -0.3 is 20.2 Å². The largest absolute Gasteiger partial charge is 0.448 e. The van der Waals surface area contributed by atoms with E-state index in [9.17, 15) is 9.59 Å². The zero-order valence-electron chi connectivity index (χ0n) is 41.4. The summed E-state index contributed by atoms with van der Waals surface area (Å²) in [6.07, 6.45) is -0.00641. The van der Waals surface area contributed by atoms with Gasteiger partial charge in [-0.15, -0.1) is 12.6 Å². The minimum atomic E-state index is -1.41. The van der Waals surface area contributed by atoms with Gasteiger partial charge in [-0.3, -0.25) is 14.5 Å². The molecule has 77 heavy (non-hydrogen) atoms. The van der Waals surface area contributed by atoms with Crippen LogP contribution in [0.25, 0.3) is 0 Å². The molecule has 8 aromatic carbocycles. The Balaban J connectivity index is 0.988. The van der Waals surface area contributed by atoms with E-state index in [-0.39, 0.29) is 21.4 Å². The molecule has 0 bridgehead atoms. The maximum absolute atomic E-state index is 15.4. The summed E-state index contributed by atoms with van der Waals surface area (Å²) in [4.78, 5) is 58.3. The van der Waals surface area contributed by atoms with Gasteiger partial charge in [0.25, 0.3) is 11.8 Å². The van der Waals surface area contributed by atoms with E-state index in [2.05, 4.69) is 47.0 Å². The number of allylic oxidation sites excluding steroid dienone is 1. The molecule has 380 valence electrons. The first-order valence-corrected chi connectivity index (χ1v) is 26.8. The number of hydrogen-bond donors (Lipinski definition) is 3. The number of hydrogen-bond acceptors (Lipinski definition) is 10. The number of esters is 1. The number of nitrogens with one attached hydrogen (secondary N) is 2. The van der Waals surface area contributed by atoms with Crippen LogP contribution in [0.3, 0.4) is 0 Å². The Hall–Kier alpha value is -8.55. The maximum Gasteiger partial charge on any atom is 0.356 e. The molecule has 2 aliphatic rings. The molecule has 0 spiro atoms. The van der Waals surface area contributed by atoms with Gasteiger partial charge in [0.1, 0.15) is 27.3 Å². The van der Waals surface area contributed by atoms with Crippen LogP contribution in [0.1, 0.15) is 69.1 Å². The Morgan fingerprint density at radius 3 is 1.45 bits per heavy atom. The summed E-state index contributed by atoms with van der Waals surface area (Å²) in [5, 5.41) is 12.0. The average molecular weight is 1070 g/mol. The summed E-state index contributed by atoms with van der Waals surface area (Å²) in [7, 11) is 0. The molecule has 3 heterocycles. The second-order valence-electron chi connectivity index (χ2n) is 18.6. The normalized spacial score (nSPS) is 15.5. The molecule has 13 heteroatoms. The highest BCUT2D eigenvalue weighted by atomic mass is 35.5. The van der Waals surface area contributed by atoms with E-state index in [1.807, 2.05) is 206 Å². The van der Waals surface area contributed by atoms with Gasteiger partial charge >= 0.3 is 5.97 Å². The quantitative estimate of drug-likeness (QED) is 0.0207. The SMILES string of the molecule is O=C(N[C@@H]1C(=O)N2C(C(=O)OC(c3ccccc3)c3ccccc3)=C(S)CC[C@H]12)C(=NOC(c1ccccc1)(c1ccccc1)c1ccccc1)c1nc(NC(c2ccccc2)(c2ccccc2)c2ccccc2)sc1Cl. The molecule has 1 aromatic heterocycles. The first kappa shape index (κ1) is 50.6. The molecule has 2 amide bonds. The number of aromatic nitrogens is 1. The molecule has 0 saturated carbocycles. The highest BCUT2D eigenvalue weighted by molar-refractivity contribution is 7.84. The number of amides is 2. The van der Waals surface area contributed by atoms with Gasteiger partial charge in [0.2, 0.25) is 5.60 Å². The topological polar surface area (TPSA) is 122 Å². The zero-order valence-corrected chi connectivity index (χ0v) is 43.8. The van der Waals surface area contributed by atoms with Crippen LogP contribution in [0.5, 0.6) is 0 Å². The van der Waals surface area contributed by atoms with Gasteiger partial charge in [-0.1, -0.05) is 271 Å². The van der Waals surface area contributed by atoms with E-state index in [0.29, 0.717) is 22.9 Å². The number of thiazole rings is 1. The number of benzene rings is 8. The average Bonchev–Trinajstić information content (AvgIpc) is 3.90. The minimum Gasteiger partial charge on any atom is -0.448 e. The second-order valence-corrected chi connectivity index (χ2v) is 20.7. The van der Waals surface area contributed by atoms with Crippen LogP contribution >= 0.6 is 35.6 Å². The number of β-lactam (4-membered cyclic amide) rings is 1. The predicted molar refractivity (Wildman–Crippen MR) is 305 cm³/mol. The summed E-state index contributed by atoms with van der Waals surface area (Å²) in [5.41, 5.74) is 3.86. The first-order valence-electron chi connectivity index (χ1n) is 25.2. The van der Waals surface area contributed by atoms with Gasteiger partial charge in [0, 0.05) is 21.6 Å². The van der Waals surface area contributed by atoms with Gasteiger partial charge in [0.15, 0.2) is 16.9 Å². The molecule has 0 aliphatic carbocycles. The van der Waals surface area contributed by atoms with E-state index >= 15 is 4.79 Å². The van der Waals surface area contributed by atoms with E-state index < -0.39 is 47.1 Å². The highest BCUT2D eigenvalue weighted by Gasteiger charge is 2.54. The van der Waals surface area contributed by atoms with Crippen LogP contribution in [-0.4, -0.2) is 45.5 Å². The summed E-state index contributed by atoms with van der Waals surface area (Å²) < 4.78 is 6.40. The van der Waals surface area contributed by atoms with Crippen molar-refractivity contribution in [3.63, 3.8) is 0 Å². The van der Waals surface area contributed by atoms with E-state index in [1.54, 1.807) is 0 Å². The Bertz CT molecular complexity index is 3340. The number of nitrogens with zero attached hydrogens (tertiary/aromatic N) is 3. The predicted octanol–water partition coefficient (Wildman–Crippen LogP) is 12.9. The summed E-state index contributed by atoms with van der Waals surface area (Å²) >= 11 is 13.2. The fourth-order valence-electron chi connectivity index (χ4n) is 10.4. The number of oxime groups is 1. The third-order valence-corrected chi connectivity index (χ3v) is 15.7. The molecule has 2 N–H and O–H groups in total. The third-order valence-electron chi connectivity index (χ3n) is 14.1. The van der Waals surface area contributed by atoms with Crippen LogP contribution in [0.15, 0.2) is 258 Å². The summed E-state index contributed by atoms with van der Waals surface area (Å²) in [6.45, 7) is 0. The van der Waals surface area contributed by atoms with Crippen molar-refractivity contribution in [2.45, 2.75) is 42.2 Å². The molecular formula is C64H50ClN5O5S2. The van der Waals surface area contributed by atoms with Crippen molar-refractivity contribution in [1.29, 1.82) is 0 Å². The van der Waals surface area contributed by atoms with Crippen molar-refractivity contribution in [3.05, 3.63) is 308 Å². The van der Waals surface area contributed by atoms with Crippen molar-refractivity contribution < 1.29 is 24.0 Å². The number of rotatable bonds is 17. The van der Waals surface area contributed by atoms with Crippen LogP contribution in [0.2, 0.25) is 4.34 Å². The van der Waals surface area contributed by atoms with Gasteiger partial charge in [0.05, 0.1) is 6.04 Å². The lowest BCUT2D eigenvalue weighted by Gasteiger charge is -2.50. The fraction of sp³-hybridized carbons (Fsp3) is 0.109. The maximum atomic E-state index is 15.4. The number of halogens is 1. The van der Waals surface area contributed by atoms with Crippen molar-refractivity contribution in [2.75, 3.05) is 5.32 Å². The number of fused-ring (bicyclic) bond motifs is 1. The molecule has 0 radical (unpaired) electrons. The Morgan fingerprint density at radius 2 is 1.03 bits per heavy atom. The Morgan fingerprint density at radius 1 is 0.623 bits per heavy atom. The number of carbonyl (C=O) groups excluding carboxylic acids is 3. The van der Waals surface area contributed by atoms with E-state index in [0.717, 1.165) is 55.8 Å². The highest BCUT2D eigenvalue weighted by Crippen LogP contribution is 2.45. The lowest BCUT2D eigenvalue weighted by atomic mass is 9.77. The monoisotopic (exact) mass is 1070 g/mol. The van der Waals surface area contributed by atoms with Crippen molar-refractivity contribution in [2.24, 2.45) is 5.16 Å². The molecule has 1 saturated heterocycles. The van der Waals surface area contributed by atoms with Crippen LogP contribution in [0, 0.1) is 0 Å². The Kier molecular flexibility index (Phi) is 14.7. The van der Waals surface area contributed by atoms with E-state index in [4.69, 9.17) is 43.9 Å². The lowest BCUT2D eigenvalue weighted by molar-refractivity contribution is -0.158. The standard InChI is InChI=1S/C64H50ClN5O5S2/c65-58-54(67-62(77-58)68-63(45-29-13-3-14-30-45,46-31-15-4-16-32-46)47-33-17-5-18-34-47)55(69-75-64(48-35-19-6-20-36-48,49-37-21-7-22-38-49)50-39-23-8-24-40-50)59(71)66-53-51-41-42-52(76)56(70(51)60(53)72)61(73)74-57(43-25-9-1-10-26-43)44-27-11-2-12-28-44/h1-40,51,53,57,76H,41-42H2,(H,66,71)(H,67,68)/t51-,53+/m1/s1. The first-order chi connectivity index (χ1) is 37.8. The smallest absolute Gasteiger partial charge is 0.356 e. The zero-order chi connectivity index (χ0) is 52.8. The van der Waals surface area contributed by atoms with Gasteiger partial charge in [-0.25, -0.2) is 9.78 Å². The molecular weight excluding hydrogens is 1020 g/mol. The third kappa shape index (κ3) is 9.83. The molecule has 11 rings (SSSR count). The molecule has 1 fully saturated rings. The number of ether oxygens (including phenoxy) is 1. The molecule has 2 atom stereocenters. The fourth-order valence-corrected chi connectivity index (χ4v) is 11.8. The summed E-state index contributed by atoms with van der Waals surface area (Å²) in [5.74, 6) is -2.00. The molecule has 9 aromatic rings. The second kappa shape index (κ2) is 22.3. The van der Waals surface area contributed by atoms with Crippen molar-refractivity contribution >= 4 is 64.2 Å². The van der Waals surface area contributed by atoms with Crippen molar-refractivity contribution in [1.82, 2.24) is 15.2 Å². The van der Waals surface area contributed by atoms with Crippen LogP contribution in [0.4, 0.5) is 5.13 Å². The Labute approximate surface area is 461 Å². The lowest BCUT2D eigenvalue weighted by Crippen LogP contribution is -2.72.